The van der Waals surface area contributed by atoms with Crippen molar-refractivity contribution in [2.75, 3.05) is 39.4 Å². The smallest absolute Gasteiger partial charge is 0.222 e. The molecule has 2 unspecified atom stereocenters. The number of carbonyl (C=O) groups excluding carboxylic acids is 1. The zero-order valence-corrected chi connectivity index (χ0v) is 20.2. The van der Waals surface area contributed by atoms with Crippen molar-refractivity contribution in [2.24, 2.45) is 5.41 Å². The number of nitrogens with zero attached hydrogens (tertiary/aromatic N) is 2. The SMILES string of the molecule is O=C(CCC1(Cc2ccccc2)CCC1)N1CCN(C2COC(Cc3ccccc3)CO2)CC1. The summed E-state index contributed by atoms with van der Waals surface area (Å²) >= 11 is 0. The van der Waals surface area contributed by atoms with Crippen LogP contribution >= 0.6 is 0 Å². The lowest BCUT2D eigenvalue weighted by molar-refractivity contribution is -0.190. The minimum atomic E-state index is 0.00777. The van der Waals surface area contributed by atoms with E-state index in [1.807, 2.05) is 6.07 Å². The maximum Gasteiger partial charge on any atom is 0.222 e. The summed E-state index contributed by atoms with van der Waals surface area (Å²) in [5, 5.41) is 0. The Hall–Kier alpha value is -2.21. The van der Waals surface area contributed by atoms with E-state index in [9.17, 15) is 4.79 Å². The van der Waals surface area contributed by atoms with Gasteiger partial charge in [-0.2, -0.15) is 0 Å². The van der Waals surface area contributed by atoms with Crippen LogP contribution in [0.4, 0.5) is 0 Å². The highest BCUT2D eigenvalue weighted by molar-refractivity contribution is 5.76. The molecule has 0 N–H and O–H groups in total. The molecule has 5 rings (SSSR count). The molecule has 2 aromatic carbocycles. The van der Waals surface area contributed by atoms with E-state index < -0.39 is 0 Å². The van der Waals surface area contributed by atoms with Crippen LogP contribution in [0.5, 0.6) is 0 Å². The number of benzene rings is 2. The fourth-order valence-corrected chi connectivity index (χ4v) is 5.75. The Labute approximate surface area is 204 Å². The molecule has 5 nitrogen and oxygen atoms in total. The number of rotatable bonds is 8. The summed E-state index contributed by atoms with van der Waals surface area (Å²) < 4.78 is 12.3. The third kappa shape index (κ3) is 5.88. The zero-order valence-electron chi connectivity index (χ0n) is 20.2. The average Bonchev–Trinajstić information content (AvgIpc) is 2.87. The van der Waals surface area contributed by atoms with Gasteiger partial charge in [-0.3, -0.25) is 9.69 Å². The molecule has 2 heterocycles. The van der Waals surface area contributed by atoms with Crippen molar-refractivity contribution in [1.82, 2.24) is 9.80 Å². The quantitative estimate of drug-likeness (QED) is 0.586. The first kappa shape index (κ1) is 23.5. The average molecular weight is 463 g/mol. The topological polar surface area (TPSA) is 42.0 Å². The summed E-state index contributed by atoms with van der Waals surface area (Å²) in [6, 6.07) is 21.2. The Morgan fingerprint density at radius 3 is 2.12 bits per heavy atom. The highest BCUT2D eigenvalue weighted by Gasteiger charge is 2.38. The molecule has 2 saturated heterocycles. The summed E-state index contributed by atoms with van der Waals surface area (Å²) in [5.74, 6) is 0.322. The highest BCUT2D eigenvalue weighted by atomic mass is 16.6. The molecule has 3 fully saturated rings. The predicted octanol–water partition coefficient (Wildman–Crippen LogP) is 4.31. The van der Waals surface area contributed by atoms with Crippen LogP contribution in [0.15, 0.2) is 60.7 Å². The molecular weight excluding hydrogens is 424 g/mol. The largest absolute Gasteiger partial charge is 0.371 e. The van der Waals surface area contributed by atoms with Crippen molar-refractivity contribution in [2.45, 2.75) is 57.3 Å². The number of piperazine rings is 1. The molecule has 1 saturated carbocycles. The van der Waals surface area contributed by atoms with Gasteiger partial charge in [0, 0.05) is 39.0 Å². The third-order valence-electron chi connectivity index (χ3n) is 8.03. The molecule has 0 radical (unpaired) electrons. The van der Waals surface area contributed by atoms with E-state index in [-0.39, 0.29) is 12.3 Å². The van der Waals surface area contributed by atoms with Gasteiger partial charge < -0.3 is 14.4 Å². The Morgan fingerprint density at radius 1 is 0.853 bits per heavy atom. The second-order valence-corrected chi connectivity index (χ2v) is 10.4. The summed E-state index contributed by atoms with van der Waals surface area (Å²) in [6.45, 7) is 4.53. The molecule has 2 aromatic rings. The Bertz CT molecular complexity index is 899. The fourth-order valence-electron chi connectivity index (χ4n) is 5.75. The van der Waals surface area contributed by atoms with Crippen molar-refractivity contribution in [3.05, 3.63) is 71.8 Å². The van der Waals surface area contributed by atoms with Gasteiger partial charge in [0.05, 0.1) is 19.3 Å². The third-order valence-corrected chi connectivity index (χ3v) is 8.03. The van der Waals surface area contributed by atoms with E-state index in [2.05, 4.69) is 64.4 Å². The van der Waals surface area contributed by atoms with Gasteiger partial charge in [-0.25, -0.2) is 0 Å². The van der Waals surface area contributed by atoms with Crippen LogP contribution in [0.1, 0.15) is 43.2 Å². The fraction of sp³-hybridized carbons (Fsp3) is 0.552. The van der Waals surface area contributed by atoms with E-state index in [4.69, 9.17) is 9.47 Å². The van der Waals surface area contributed by atoms with Gasteiger partial charge in [0.25, 0.3) is 0 Å². The number of hydrogen-bond donors (Lipinski definition) is 0. The van der Waals surface area contributed by atoms with Gasteiger partial charge in [-0.05, 0) is 42.2 Å². The molecule has 0 aromatic heterocycles. The predicted molar refractivity (Wildman–Crippen MR) is 133 cm³/mol. The van der Waals surface area contributed by atoms with Crippen molar-refractivity contribution in [1.29, 1.82) is 0 Å². The van der Waals surface area contributed by atoms with Crippen LogP contribution < -0.4 is 0 Å². The van der Waals surface area contributed by atoms with Crippen molar-refractivity contribution >= 4 is 5.91 Å². The molecule has 2 atom stereocenters. The van der Waals surface area contributed by atoms with Crippen molar-refractivity contribution < 1.29 is 14.3 Å². The lowest BCUT2D eigenvalue weighted by atomic mass is 9.63. The van der Waals surface area contributed by atoms with E-state index in [0.29, 0.717) is 31.0 Å². The highest BCUT2D eigenvalue weighted by Crippen LogP contribution is 2.47. The number of ether oxygens (including phenoxy) is 2. The minimum Gasteiger partial charge on any atom is -0.371 e. The van der Waals surface area contributed by atoms with Crippen LogP contribution in [0.25, 0.3) is 0 Å². The van der Waals surface area contributed by atoms with Crippen molar-refractivity contribution in [3.8, 4) is 0 Å². The van der Waals surface area contributed by atoms with Crippen LogP contribution in [-0.4, -0.2) is 67.4 Å². The van der Waals surface area contributed by atoms with E-state index in [1.165, 1.54) is 30.4 Å². The maximum atomic E-state index is 13.0. The van der Waals surface area contributed by atoms with E-state index in [1.54, 1.807) is 0 Å². The number of hydrogen-bond acceptors (Lipinski definition) is 4. The van der Waals surface area contributed by atoms with Gasteiger partial charge in [0.15, 0.2) is 0 Å². The normalized spacial score (nSPS) is 25.0. The second-order valence-electron chi connectivity index (χ2n) is 10.4. The summed E-state index contributed by atoms with van der Waals surface area (Å²) in [5.41, 5.74) is 3.03. The molecule has 2 aliphatic heterocycles. The standard InChI is InChI=1S/C29H38N2O3/c32-27(12-15-29(13-7-14-29)21-25-10-5-2-6-11-25)30-16-18-31(19-17-30)28-23-33-26(22-34-28)20-24-8-3-1-4-9-24/h1-6,8-11,26,28H,7,12-23H2. The van der Waals surface area contributed by atoms with Crippen LogP contribution in [0.3, 0.4) is 0 Å². The first-order chi connectivity index (χ1) is 16.7. The summed E-state index contributed by atoms with van der Waals surface area (Å²) in [7, 11) is 0. The Morgan fingerprint density at radius 2 is 1.53 bits per heavy atom. The first-order valence-electron chi connectivity index (χ1n) is 13.0. The van der Waals surface area contributed by atoms with Crippen LogP contribution in [0, 0.1) is 5.41 Å². The van der Waals surface area contributed by atoms with E-state index in [0.717, 1.165) is 45.4 Å². The van der Waals surface area contributed by atoms with Gasteiger partial charge >= 0.3 is 0 Å². The zero-order chi connectivity index (χ0) is 23.2. The minimum absolute atomic E-state index is 0.00777. The molecule has 34 heavy (non-hydrogen) atoms. The van der Waals surface area contributed by atoms with Gasteiger partial charge in [-0.15, -0.1) is 0 Å². The molecule has 0 bridgehead atoms. The van der Waals surface area contributed by atoms with Gasteiger partial charge in [0.1, 0.15) is 6.23 Å². The lowest BCUT2D eigenvalue weighted by Gasteiger charge is -2.44. The molecule has 5 heteroatoms. The number of carbonyl (C=O) groups is 1. The van der Waals surface area contributed by atoms with E-state index >= 15 is 0 Å². The molecule has 1 aliphatic carbocycles. The molecule has 182 valence electrons. The van der Waals surface area contributed by atoms with Crippen LogP contribution in [0.2, 0.25) is 0 Å². The second kappa shape index (κ2) is 11.0. The monoisotopic (exact) mass is 462 g/mol. The van der Waals surface area contributed by atoms with Gasteiger partial charge in [-0.1, -0.05) is 67.1 Å². The van der Waals surface area contributed by atoms with Gasteiger partial charge in [0.2, 0.25) is 5.91 Å². The molecule has 1 amide bonds. The molecular formula is C29H38N2O3. The summed E-state index contributed by atoms with van der Waals surface area (Å²) in [4.78, 5) is 17.4. The molecule has 3 aliphatic rings. The Balaban J connectivity index is 1.03. The lowest BCUT2D eigenvalue weighted by Crippen LogP contribution is -2.56. The first-order valence-corrected chi connectivity index (χ1v) is 13.0. The maximum absolute atomic E-state index is 13.0. The number of amides is 1. The van der Waals surface area contributed by atoms with Crippen molar-refractivity contribution in [3.63, 3.8) is 0 Å². The Kier molecular flexibility index (Phi) is 7.63. The van der Waals surface area contributed by atoms with Crippen LogP contribution in [-0.2, 0) is 27.1 Å². The molecule has 0 spiro atoms. The summed E-state index contributed by atoms with van der Waals surface area (Å²) in [6.07, 6.45) is 7.64.